The minimum absolute atomic E-state index is 0.0671. The lowest BCUT2D eigenvalue weighted by atomic mass is 9.72. The number of hydrogen-bond acceptors (Lipinski definition) is 6. The van der Waals surface area contributed by atoms with E-state index >= 15 is 0 Å². The fourth-order valence-electron chi connectivity index (χ4n) is 5.09. The van der Waals surface area contributed by atoms with Crippen LogP contribution in [0.5, 0.6) is 5.75 Å². The van der Waals surface area contributed by atoms with Crippen LogP contribution in [-0.4, -0.2) is 49.0 Å². The summed E-state index contributed by atoms with van der Waals surface area (Å²) < 4.78 is 11.4. The number of nitrogens with zero attached hydrogens (tertiary/aromatic N) is 1. The van der Waals surface area contributed by atoms with Gasteiger partial charge in [0.2, 0.25) is 5.91 Å². The van der Waals surface area contributed by atoms with Gasteiger partial charge in [0.05, 0.1) is 23.8 Å². The van der Waals surface area contributed by atoms with Crippen molar-refractivity contribution in [1.82, 2.24) is 10.6 Å². The van der Waals surface area contributed by atoms with Gasteiger partial charge in [0.25, 0.3) is 0 Å². The maximum Gasteiger partial charge on any atom is 0.246 e. The van der Waals surface area contributed by atoms with Gasteiger partial charge < -0.3 is 25.2 Å². The predicted molar refractivity (Wildman–Crippen MR) is 133 cm³/mol. The molecule has 1 saturated carbocycles. The molecule has 7 heteroatoms. The highest BCUT2D eigenvalue weighted by Gasteiger charge is 2.45. The zero-order valence-corrected chi connectivity index (χ0v) is 20.5. The number of aryl methyl sites for hydroxylation is 1. The van der Waals surface area contributed by atoms with Crippen molar-refractivity contribution < 1.29 is 19.4 Å². The quantitative estimate of drug-likeness (QED) is 0.486. The van der Waals surface area contributed by atoms with Gasteiger partial charge in [0.1, 0.15) is 18.0 Å². The molecule has 1 heterocycles. The first kappa shape index (κ1) is 25.2. The molecule has 7 nitrogen and oxygen atoms in total. The van der Waals surface area contributed by atoms with Crippen LogP contribution in [0.2, 0.25) is 0 Å². The van der Waals surface area contributed by atoms with Gasteiger partial charge in [-0.2, -0.15) is 5.26 Å². The number of hydrogen-bond donors (Lipinski definition) is 3. The second-order valence-electron chi connectivity index (χ2n) is 9.72. The largest absolute Gasteiger partial charge is 0.487 e. The van der Waals surface area contributed by atoms with Gasteiger partial charge in [-0.1, -0.05) is 31.2 Å². The van der Waals surface area contributed by atoms with Crippen molar-refractivity contribution in [3.8, 4) is 11.8 Å². The van der Waals surface area contributed by atoms with Crippen molar-refractivity contribution in [3.05, 3.63) is 64.7 Å². The molecule has 2 aromatic carbocycles. The highest BCUT2D eigenvalue weighted by molar-refractivity contribution is 5.77. The zero-order valence-electron chi connectivity index (χ0n) is 20.5. The van der Waals surface area contributed by atoms with E-state index in [-0.39, 0.29) is 24.2 Å². The molecule has 4 rings (SSSR count). The summed E-state index contributed by atoms with van der Waals surface area (Å²) in [4.78, 5) is 12.3. The molecule has 0 aromatic heterocycles. The second kappa shape index (κ2) is 11.2. The standard InChI is InChI=1S/C28H35N3O4/c1-3-19-8-9-26-22(13-19)24(15-28(35-26)10-5-11-28)30-17-25(32)23(31-27(33)18-34-2)14-20-6-4-7-21(12-20)16-29/h4,6-9,12-13,23-25,30,32H,3,5,10-11,14-15,17-18H2,1-2H3,(H,31,33)/t23-,24-,25+/m0/s1. The molecule has 0 unspecified atom stereocenters. The molecule has 0 saturated heterocycles. The lowest BCUT2D eigenvalue weighted by molar-refractivity contribution is -0.126. The number of amides is 1. The predicted octanol–water partition coefficient (Wildman–Crippen LogP) is 3.19. The van der Waals surface area contributed by atoms with Gasteiger partial charge in [-0.15, -0.1) is 0 Å². The van der Waals surface area contributed by atoms with Crippen LogP contribution in [0, 0.1) is 11.3 Å². The molecule has 186 valence electrons. The van der Waals surface area contributed by atoms with E-state index in [4.69, 9.17) is 9.47 Å². The van der Waals surface area contributed by atoms with Gasteiger partial charge in [-0.25, -0.2) is 0 Å². The minimum Gasteiger partial charge on any atom is -0.487 e. The normalized spacial score (nSPS) is 19.5. The third kappa shape index (κ3) is 6.02. The molecule has 1 aliphatic carbocycles. The van der Waals surface area contributed by atoms with E-state index in [1.165, 1.54) is 19.1 Å². The zero-order chi connectivity index (χ0) is 24.8. The van der Waals surface area contributed by atoms with Gasteiger partial charge in [0, 0.05) is 31.7 Å². The smallest absolute Gasteiger partial charge is 0.246 e. The number of nitrogens with one attached hydrogen (secondary N) is 2. The number of fused-ring (bicyclic) bond motifs is 1. The molecule has 0 radical (unpaired) electrons. The third-order valence-electron chi connectivity index (χ3n) is 7.20. The van der Waals surface area contributed by atoms with Gasteiger partial charge in [0.15, 0.2) is 0 Å². The molecule has 3 atom stereocenters. The van der Waals surface area contributed by atoms with Crippen LogP contribution in [0.25, 0.3) is 0 Å². The first-order valence-electron chi connectivity index (χ1n) is 12.5. The Morgan fingerprint density at radius 3 is 2.80 bits per heavy atom. The van der Waals surface area contributed by atoms with Crippen LogP contribution in [0.3, 0.4) is 0 Å². The first-order chi connectivity index (χ1) is 16.9. The SMILES string of the molecule is CCc1ccc2c(c1)[C@@H](NC[C@@H](O)[C@H](Cc1cccc(C#N)c1)NC(=O)COC)CC1(CCC1)O2. The van der Waals surface area contributed by atoms with Gasteiger partial charge in [-0.05, 0) is 61.4 Å². The lowest BCUT2D eigenvalue weighted by Crippen LogP contribution is -2.52. The monoisotopic (exact) mass is 477 g/mol. The number of rotatable bonds is 10. The van der Waals surface area contributed by atoms with Crippen molar-refractivity contribution in [2.75, 3.05) is 20.3 Å². The van der Waals surface area contributed by atoms with E-state index in [0.29, 0.717) is 18.5 Å². The van der Waals surface area contributed by atoms with Crippen LogP contribution < -0.4 is 15.4 Å². The van der Waals surface area contributed by atoms with Crippen LogP contribution in [0.1, 0.15) is 60.9 Å². The summed E-state index contributed by atoms with van der Waals surface area (Å²) in [6.45, 7) is 2.37. The molecule has 1 amide bonds. The number of aliphatic hydroxyl groups is 1. The molecule has 2 aromatic rings. The van der Waals surface area contributed by atoms with Crippen molar-refractivity contribution in [2.24, 2.45) is 0 Å². The van der Waals surface area contributed by atoms with Crippen molar-refractivity contribution in [1.29, 1.82) is 5.26 Å². The highest BCUT2D eigenvalue weighted by Crippen LogP contribution is 2.49. The molecule has 2 aliphatic rings. The summed E-state index contributed by atoms with van der Waals surface area (Å²) in [5.41, 5.74) is 3.70. The topological polar surface area (TPSA) is 104 Å². The second-order valence-corrected chi connectivity index (χ2v) is 9.72. The number of ether oxygens (including phenoxy) is 2. The molecule has 1 spiro atoms. The van der Waals surface area contributed by atoms with E-state index in [2.05, 4.69) is 41.8 Å². The Balaban J connectivity index is 1.49. The van der Waals surface area contributed by atoms with Gasteiger partial charge >= 0.3 is 0 Å². The molecule has 1 fully saturated rings. The van der Waals surface area contributed by atoms with Gasteiger partial charge in [-0.3, -0.25) is 4.79 Å². The number of nitriles is 1. The van der Waals surface area contributed by atoms with Crippen LogP contribution >= 0.6 is 0 Å². The van der Waals surface area contributed by atoms with E-state index in [1.807, 2.05) is 12.1 Å². The fraction of sp³-hybridized carbons (Fsp3) is 0.500. The maximum absolute atomic E-state index is 12.3. The summed E-state index contributed by atoms with van der Waals surface area (Å²) in [6.07, 6.45) is 4.66. The van der Waals surface area contributed by atoms with E-state index in [9.17, 15) is 15.2 Å². The van der Waals surface area contributed by atoms with Crippen molar-refractivity contribution in [3.63, 3.8) is 0 Å². The average Bonchev–Trinajstić information content (AvgIpc) is 2.85. The lowest BCUT2D eigenvalue weighted by Gasteiger charge is -2.48. The van der Waals surface area contributed by atoms with Crippen LogP contribution in [0.4, 0.5) is 0 Å². The highest BCUT2D eigenvalue weighted by atomic mass is 16.5. The van der Waals surface area contributed by atoms with Crippen LogP contribution in [0.15, 0.2) is 42.5 Å². The Labute approximate surface area is 207 Å². The number of aliphatic hydroxyl groups excluding tert-OH is 1. The van der Waals surface area contributed by atoms with E-state index < -0.39 is 12.1 Å². The summed E-state index contributed by atoms with van der Waals surface area (Å²) in [6, 6.07) is 15.3. The third-order valence-corrected chi connectivity index (χ3v) is 7.20. The van der Waals surface area contributed by atoms with Crippen molar-refractivity contribution in [2.45, 2.75) is 69.2 Å². The molecule has 0 bridgehead atoms. The number of carbonyl (C=O) groups is 1. The summed E-state index contributed by atoms with van der Waals surface area (Å²) >= 11 is 0. The van der Waals surface area contributed by atoms with E-state index in [0.717, 1.165) is 42.6 Å². The number of methoxy groups -OCH3 is 1. The Morgan fingerprint density at radius 1 is 1.29 bits per heavy atom. The average molecular weight is 478 g/mol. The Kier molecular flexibility index (Phi) is 8.07. The van der Waals surface area contributed by atoms with Crippen LogP contribution in [-0.2, 0) is 22.4 Å². The molecule has 35 heavy (non-hydrogen) atoms. The maximum atomic E-state index is 12.3. The first-order valence-corrected chi connectivity index (χ1v) is 12.5. The number of benzene rings is 2. The Bertz CT molecular complexity index is 1080. The summed E-state index contributed by atoms with van der Waals surface area (Å²) in [7, 11) is 1.46. The molecule has 3 N–H and O–H groups in total. The van der Waals surface area contributed by atoms with Crippen molar-refractivity contribution >= 4 is 5.91 Å². The molecule has 1 aliphatic heterocycles. The summed E-state index contributed by atoms with van der Waals surface area (Å²) in [5, 5.41) is 26.9. The minimum atomic E-state index is -0.834. The van der Waals surface area contributed by atoms with E-state index in [1.54, 1.807) is 12.1 Å². The molecular weight excluding hydrogens is 442 g/mol. The Hall–Kier alpha value is -2.92. The fourth-order valence-corrected chi connectivity index (χ4v) is 5.09. The number of carbonyl (C=O) groups excluding carboxylic acids is 1. The molecular formula is C28H35N3O4. The Morgan fingerprint density at radius 2 is 2.11 bits per heavy atom. The summed E-state index contributed by atoms with van der Waals surface area (Å²) in [5.74, 6) is 0.642.